The molecule has 6 aromatic rings. The van der Waals surface area contributed by atoms with Crippen LogP contribution in [0.3, 0.4) is 0 Å². The molecule has 0 saturated heterocycles. The minimum atomic E-state index is -1.95. The van der Waals surface area contributed by atoms with E-state index < -0.39 is 16.1 Å². The van der Waals surface area contributed by atoms with Crippen molar-refractivity contribution in [2.24, 2.45) is 0 Å². The lowest BCUT2D eigenvalue weighted by Gasteiger charge is -2.34. The molecule has 238 valence electrons. The van der Waals surface area contributed by atoms with Crippen LogP contribution in [0.5, 0.6) is 23.0 Å². The first-order chi connectivity index (χ1) is 23.0. The molecule has 2 aliphatic heterocycles. The molecule has 0 fully saturated rings. The van der Waals surface area contributed by atoms with Crippen LogP contribution in [0, 0.1) is 27.7 Å². The molecule has 0 amide bonds. The molecule has 0 saturated carbocycles. The van der Waals surface area contributed by atoms with E-state index in [4.69, 9.17) is 9.47 Å². The standard InChI is InChI=1S/C44H42O2Si2/c1-27-23-25-31(29(3)41(27)33-15-13-21-39-43(33)45-35-17-9-11-19-37(35)47(39,5)6)32-26-24-28(2)42(30(32)4)34-16-14-22-40-44(34)46-36-18-10-12-20-38(36)48(40,7)8/h9-26H,1-8H3. The monoisotopic (exact) mass is 658 g/mol. The molecule has 2 aliphatic rings. The van der Waals surface area contributed by atoms with Crippen molar-refractivity contribution >= 4 is 36.9 Å². The molecule has 8 rings (SSSR count). The average Bonchev–Trinajstić information content (AvgIpc) is 3.06. The third kappa shape index (κ3) is 4.43. The third-order valence-corrected chi connectivity index (χ3v) is 18.1. The van der Waals surface area contributed by atoms with Crippen LogP contribution in [0.1, 0.15) is 22.3 Å². The molecular formula is C44H42O2Si2. The predicted octanol–water partition coefficient (Wildman–Crippen LogP) is 9.78. The third-order valence-electron chi connectivity index (χ3n) is 11.1. The second-order valence-electron chi connectivity index (χ2n) is 14.7. The van der Waals surface area contributed by atoms with Crippen LogP contribution in [-0.4, -0.2) is 16.1 Å². The van der Waals surface area contributed by atoms with Crippen molar-refractivity contribution in [1.29, 1.82) is 0 Å². The van der Waals surface area contributed by atoms with Crippen molar-refractivity contribution < 1.29 is 9.47 Å². The maximum atomic E-state index is 6.79. The Balaban J connectivity index is 1.29. The summed E-state index contributed by atoms with van der Waals surface area (Å²) in [5.74, 6) is 4.05. The highest BCUT2D eigenvalue weighted by molar-refractivity contribution is 7.02. The maximum Gasteiger partial charge on any atom is 0.134 e. The van der Waals surface area contributed by atoms with Crippen LogP contribution in [0.4, 0.5) is 0 Å². The minimum Gasteiger partial charge on any atom is -0.457 e. The number of benzene rings is 6. The van der Waals surface area contributed by atoms with Crippen LogP contribution < -0.4 is 30.2 Å². The summed E-state index contributed by atoms with van der Waals surface area (Å²) in [6, 6.07) is 39.9. The Morgan fingerprint density at radius 2 is 0.750 bits per heavy atom. The molecule has 48 heavy (non-hydrogen) atoms. The maximum absolute atomic E-state index is 6.79. The first kappa shape index (κ1) is 30.7. The Kier molecular flexibility index (Phi) is 6.99. The number of para-hydroxylation sites is 4. The molecule has 0 aromatic heterocycles. The number of aryl methyl sites for hydroxylation is 2. The van der Waals surface area contributed by atoms with Crippen molar-refractivity contribution in [1.82, 2.24) is 0 Å². The Morgan fingerprint density at radius 1 is 0.375 bits per heavy atom. The first-order valence-electron chi connectivity index (χ1n) is 17.0. The summed E-state index contributed by atoms with van der Waals surface area (Å²) >= 11 is 0. The molecule has 0 N–H and O–H groups in total. The van der Waals surface area contributed by atoms with Gasteiger partial charge in [-0.25, -0.2) is 0 Å². The average molecular weight is 659 g/mol. The van der Waals surface area contributed by atoms with Crippen LogP contribution in [0.15, 0.2) is 109 Å². The largest absolute Gasteiger partial charge is 0.457 e. The lowest BCUT2D eigenvalue weighted by Crippen LogP contribution is -2.56. The van der Waals surface area contributed by atoms with E-state index in [-0.39, 0.29) is 0 Å². The van der Waals surface area contributed by atoms with Gasteiger partial charge in [0.05, 0.1) is 0 Å². The highest BCUT2D eigenvalue weighted by Crippen LogP contribution is 2.45. The van der Waals surface area contributed by atoms with Gasteiger partial charge in [-0.05, 0) is 105 Å². The van der Waals surface area contributed by atoms with E-state index in [1.54, 1.807) is 0 Å². The topological polar surface area (TPSA) is 18.5 Å². The molecule has 0 bridgehead atoms. The van der Waals surface area contributed by atoms with E-state index in [2.05, 4.69) is 163 Å². The number of hydrogen-bond acceptors (Lipinski definition) is 2. The summed E-state index contributed by atoms with van der Waals surface area (Å²) in [6.07, 6.45) is 0. The van der Waals surface area contributed by atoms with E-state index in [0.29, 0.717) is 0 Å². The van der Waals surface area contributed by atoms with Crippen molar-refractivity contribution in [2.75, 3.05) is 0 Å². The zero-order valence-corrected chi connectivity index (χ0v) is 31.2. The fourth-order valence-corrected chi connectivity index (χ4v) is 14.1. The molecule has 0 atom stereocenters. The Morgan fingerprint density at radius 3 is 1.17 bits per heavy atom. The van der Waals surface area contributed by atoms with Gasteiger partial charge in [-0.1, -0.05) is 123 Å². The van der Waals surface area contributed by atoms with Crippen molar-refractivity contribution in [3.05, 3.63) is 131 Å². The van der Waals surface area contributed by atoms with E-state index in [9.17, 15) is 0 Å². The molecule has 6 aromatic carbocycles. The smallest absolute Gasteiger partial charge is 0.134 e. The zero-order chi connectivity index (χ0) is 33.5. The van der Waals surface area contributed by atoms with Crippen LogP contribution in [0.2, 0.25) is 26.2 Å². The second-order valence-corrected chi connectivity index (χ2v) is 23.3. The van der Waals surface area contributed by atoms with Crippen molar-refractivity contribution in [3.63, 3.8) is 0 Å². The Bertz CT molecular complexity index is 2130. The summed E-state index contributed by atoms with van der Waals surface area (Å²) in [6.45, 7) is 18.8. The Hall–Kier alpha value is -4.65. The van der Waals surface area contributed by atoms with Crippen molar-refractivity contribution in [3.8, 4) is 56.4 Å². The van der Waals surface area contributed by atoms with E-state index in [1.165, 1.54) is 76.4 Å². The number of ether oxygens (including phenoxy) is 2. The predicted molar refractivity (Wildman–Crippen MR) is 208 cm³/mol. The lowest BCUT2D eigenvalue weighted by atomic mass is 9.84. The number of hydrogen-bond donors (Lipinski definition) is 0. The van der Waals surface area contributed by atoms with Gasteiger partial charge in [0.1, 0.15) is 39.1 Å². The van der Waals surface area contributed by atoms with Crippen LogP contribution >= 0.6 is 0 Å². The molecule has 2 nitrogen and oxygen atoms in total. The first-order valence-corrected chi connectivity index (χ1v) is 23.0. The van der Waals surface area contributed by atoms with Crippen LogP contribution in [0.25, 0.3) is 33.4 Å². The van der Waals surface area contributed by atoms with Gasteiger partial charge in [-0.15, -0.1) is 0 Å². The Labute approximate surface area is 287 Å². The molecule has 2 heterocycles. The summed E-state index contributed by atoms with van der Waals surface area (Å²) in [7, 11) is -3.89. The second kappa shape index (κ2) is 10.9. The highest BCUT2D eigenvalue weighted by Gasteiger charge is 2.39. The quantitative estimate of drug-likeness (QED) is 0.176. The summed E-state index contributed by atoms with van der Waals surface area (Å²) in [5.41, 5.74) is 12.5. The minimum absolute atomic E-state index is 1.00. The summed E-state index contributed by atoms with van der Waals surface area (Å²) < 4.78 is 13.6. The molecular weight excluding hydrogens is 617 g/mol. The zero-order valence-electron chi connectivity index (χ0n) is 29.2. The molecule has 0 spiro atoms. The number of rotatable bonds is 3. The lowest BCUT2D eigenvalue weighted by molar-refractivity contribution is 0.488. The number of fused-ring (bicyclic) bond motifs is 4. The van der Waals surface area contributed by atoms with Gasteiger partial charge in [0.15, 0.2) is 0 Å². The molecule has 4 heteroatoms. The molecule has 0 aliphatic carbocycles. The van der Waals surface area contributed by atoms with E-state index in [0.717, 1.165) is 23.0 Å². The van der Waals surface area contributed by atoms with E-state index in [1.807, 2.05) is 0 Å². The van der Waals surface area contributed by atoms with E-state index >= 15 is 0 Å². The van der Waals surface area contributed by atoms with Gasteiger partial charge in [0, 0.05) is 11.1 Å². The summed E-state index contributed by atoms with van der Waals surface area (Å²) in [4.78, 5) is 0. The highest BCUT2D eigenvalue weighted by atomic mass is 28.3. The van der Waals surface area contributed by atoms with Gasteiger partial charge < -0.3 is 9.47 Å². The van der Waals surface area contributed by atoms with Crippen LogP contribution in [-0.2, 0) is 0 Å². The summed E-state index contributed by atoms with van der Waals surface area (Å²) in [5, 5.41) is 5.44. The van der Waals surface area contributed by atoms with Gasteiger partial charge in [-0.3, -0.25) is 0 Å². The fourth-order valence-electron chi connectivity index (χ4n) is 8.43. The van der Waals surface area contributed by atoms with Gasteiger partial charge >= 0.3 is 0 Å². The fraction of sp³-hybridized carbons (Fsp3) is 0.182. The SMILES string of the molecule is Cc1ccc(-c2ccc(C)c(-c3cccc4c3Oc3ccccc3[Si]4(C)C)c2C)c(C)c1-c1cccc2c1Oc1ccccc1[Si]2(C)C. The normalized spacial score (nSPS) is 14.9. The molecule has 0 unspecified atom stereocenters. The van der Waals surface area contributed by atoms with Gasteiger partial charge in [-0.2, -0.15) is 0 Å². The molecule has 0 radical (unpaired) electrons. The van der Waals surface area contributed by atoms with Crippen molar-refractivity contribution in [2.45, 2.75) is 53.9 Å². The van der Waals surface area contributed by atoms with Gasteiger partial charge in [0.25, 0.3) is 0 Å². The van der Waals surface area contributed by atoms with Gasteiger partial charge in [0.2, 0.25) is 0 Å².